The maximum absolute atomic E-state index is 12.4. The average molecular weight is 287 g/mol. The van der Waals surface area contributed by atoms with E-state index < -0.39 is 0 Å². The summed E-state index contributed by atoms with van der Waals surface area (Å²) in [7, 11) is 4.56. The van der Waals surface area contributed by atoms with Crippen molar-refractivity contribution < 1.29 is 19.0 Å². The minimum Gasteiger partial charge on any atom is -0.493 e. The number of rotatable bonds is 6. The highest BCUT2D eigenvalue weighted by Crippen LogP contribution is 2.38. The Morgan fingerprint density at radius 3 is 2.19 bits per heavy atom. The zero-order chi connectivity index (χ0) is 15.2. The van der Waals surface area contributed by atoms with Crippen LogP contribution in [-0.2, 0) is 6.42 Å². The Hall–Kier alpha value is -2.56. The van der Waals surface area contributed by atoms with E-state index in [1.54, 1.807) is 18.3 Å². The van der Waals surface area contributed by atoms with Crippen molar-refractivity contribution in [2.24, 2.45) is 0 Å². The number of carbonyl (C=O) groups is 1. The standard InChI is InChI=1S/C16H17NO4/c1-19-14-8-11(9-15(20-2)16(14)21-3)13(18)10-12-6-4-5-7-17-12/h4-9H,10H2,1-3H3. The first kappa shape index (κ1) is 14.8. The van der Waals surface area contributed by atoms with Gasteiger partial charge in [0.25, 0.3) is 0 Å². The smallest absolute Gasteiger partial charge is 0.203 e. The molecule has 2 rings (SSSR count). The van der Waals surface area contributed by atoms with Crippen LogP contribution in [0.5, 0.6) is 17.2 Å². The molecule has 5 heteroatoms. The predicted molar refractivity (Wildman–Crippen MR) is 78.4 cm³/mol. The summed E-state index contributed by atoms with van der Waals surface area (Å²) in [5.41, 5.74) is 1.21. The van der Waals surface area contributed by atoms with E-state index in [0.29, 0.717) is 22.8 Å². The maximum Gasteiger partial charge on any atom is 0.203 e. The molecule has 0 bridgehead atoms. The fourth-order valence-corrected chi connectivity index (χ4v) is 2.01. The summed E-state index contributed by atoms with van der Waals surface area (Å²) < 4.78 is 15.7. The van der Waals surface area contributed by atoms with Crippen LogP contribution in [-0.4, -0.2) is 32.1 Å². The Kier molecular flexibility index (Phi) is 4.77. The van der Waals surface area contributed by atoms with Gasteiger partial charge in [-0.05, 0) is 24.3 Å². The number of Topliss-reactive ketones (excluding diaryl/α,β-unsaturated/α-hetero) is 1. The van der Waals surface area contributed by atoms with Crippen molar-refractivity contribution in [3.05, 3.63) is 47.8 Å². The van der Waals surface area contributed by atoms with E-state index in [-0.39, 0.29) is 12.2 Å². The summed E-state index contributed by atoms with van der Waals surface area (Å²) in [6.07, 6.45) is 1.89. The summed E-state index contributed by atoms with van der Waals surface area (Å²) >= 11 is 0. The van der Waals surface area contributed by atoms with Gasteiger partial charge >= 0.3 is 0 Å². The highest BCUT2D eigenvalue weighted by atomic mass is 16.5. The van der Waals surface area contributed by atoms with Crippen molar-refractivity contribution in [2.45, 2.75) is 6.42 Å². The quantitative estimate of drug-likeness (QED) is 0.764. The largest absolute Gasteiger partial charge is 0.493 e. The lowest BCUT2D eigenvalue weighted by Crippen LogP contribution is -2.06. The Bertz CT molecular complexity index is 600. The zero-order valence-electron chi connectivity index (χ0n) is 12.3. The van der Waals surface area contributed by atoms with E-state index in [0.717, 1.165) is 5.69 Å². The molecular weight excluding hydrogens is 270 g/mol. The van der Waals surface area contributed by atoms with Crippen molar-refractivity contribution >= 4 is 5.78 Å². The molecule has 0 atom stereocenters. The number of ketones is 1. The van der Waals surface area contributed by atoms with Gasteiger partial charge in [-0.15, -0.1) is 0 Å². The summed E-state index contributed by atoms with van der Waals surface area (Å²) in [5, 5.41) is 0. The van der Waals surface area contributed by atoms with Crippen molar-refractivity contribution in [2.75, 3.05) is 21.3 Å². The van der Waals surface area contributed by atoms with Gasteiger partial charge < -0.3 is 14.2 Å². The molecule has 0 spiro atoms. The first-order valence-electron chi connectivity index (χ1n) is 6.42. The van der Waals surface area contributed by atoms with Crippen LogP contribution in [0.25, 0.3) is 0 Å². The minimum atomic E-state index is -0.0621. The summed E-state index contributed by atoms with van der Waals surface area (Å²) in [4.78, 5) is 16.5. The number of hydrogen-bond acceptors (Lipinski definition) is 5. The maximum atomic E-state index is 12.4. The first-order chi connectivity index (χ1) is 10.2. The second-order valence-electron chi connectivity index (χ2n) is 4.34. The molecule has 0 aliphatic heterocycles. The number of nitrogens with zero attached hydrogens (tertiary/aromatic N) is 1. The first-order valence-corrected chi connectivity index (χ1v) is 6.42. The third-order valence-corrected chi connectivity index (χ3v) is 3.05. The number of ether oxygens (including phenoxy) is 3. The van der Waals surface area contributed by atoms with E-state index in [1.165, 1.54) is 21.3 Å². The lowest BCUT2D eigenvalue weighted by molar-refractivity contribution is 0.0991. The molecular formula is C16H17NO4. The van der Waals surface area contributed by atoms with Gasteiger partial charge in [-0.25, -0.2) is 0 Å². The van der Waals surface area contributed by atoms with Gasteiger partial charge in [-0.2, -0.15) is 0 Å². The van der Waals surface area contributed by atoms with Gasteiger partial charge in [0.1, 0.15) is 0 Å². The van der Waals surface area contributed by atoms with E-state index in [9.17, 15) is 4.79 Å². The molecule has 0 saturated heterocycles. The van der Waals surface area contributed by atoms with Crippen molar-refractivity contribution in [1.82, 2.24) is 4.98 Å². The van der Waals surface area contributed by atoms with Gasteiger partial charge in [0.05, 0.1) is 27.8 Å². The van der Waals surface area contributed by atoms with E-state index in [4.69, 9.17) is 14.2 Å². The highest BCUT2D eigenvalue weighted by Gasteiger charge is 2.17. The van der Waals surface area contributed by atoms with Crippen LogP contribution in [0.3, 0.4) is 0 Å². The number of pyridine rings is 1. The molecule has 0 amide bonds. The zero-order valence-corrected chi connectivity index (χ0v) is 12.3. The molecule has 21 heavy (non-hydrogen) atoms. The molecule has 0 fully saturated rings. The molecule has 0 radical (unpaired) electrons. The van der Waals surface area contributed by atoms with Crippen LogP contribution < -0.4 is 14.2 Å². The van der Waals surface area contributed by atoms with Gasteiger partial charge in [-0.1, -0.05) is 6.07 Å². The van der Waals surface area contributed by atoms with Crippen LogP contribution in [0.1, 0.15) is 16.1 Å². The molecule has 1 heterocycles. The third kappa shape index (κ3) is 3.31. The van der Waals surface area contributed by atoms with Crippen molar-refractivity contribution in [3.8, 4) is 17.2 Å². The fourth-order valence-electron chi connectivity index (χ4n) is 2.01. The average Bonchev–Trinajstić information content (AvgIpc) is 2.54. The van der Waals surface area contributed by atoms with Crippen LogP contribution in [0.4, 0.5) is 0 Å². The molecule has 0 aliphatic carbocycles. The van der Waals surface area contributed by atoms with E-state index >= 15 is 0 Å². The third-order valence-electron chi connectivity index (χ3n) is 3.05. The molecule has 1 aromatic carbocycles. The number of hydrogen-bond donors (Lipinski definition) is 0. The fraction of sp³-hybridized carbons (Fsp3) is 0.250. The lowest BCUT2D eigenvalue weighted by Gasteiger charge is -2.13. The van der Waals surface area contributed by atoms with E-state index in [1.807, 2.05) is 18.2 Å². The number of methoxy groups -OCH3 is 3. The molecule has 0 saturated carbocycles. The molecule has 5 nitrogen and oxygen atoms in total. The van der Waals surface area contributed by atoms with Crippen LogP contribution in [0, 0.1) is 0 Å². The summed E-state index contributed by atoms with van der Waals surface area (Å²) in [6, 6.07) is 8.77. The molecule has 0 N–H and O–H groups in total. The molecule has 0 aliphatic rings. The van der Waals surface area contributed by atoms with Crippen LogP contribution in [0.2, 0.25) is 0 Å². The second-order valence-corrected chi connectivity index (χ2v) is 4.34. The minimum absolute atomic E-state index is 0.0621. The van der Waals surface area contributed by atoms with Crippen LogP contribution in [0.15, 0.2) is 36.5 Å². The summed E-state index contributed by atoms with van der Waals surface area (Å²) in [5.74, 6) is 1.32. The van der Waals surface area contributed by atoms with Gasteiger partial charge in [0.15, 0.2) is 17.3 Å². The molecule has 110 valence electrons. The highest BCUT2D eigenvalue weighted by molar-refractivity contribution is 5.98. The molecule has 1 aromatic heterocycles. The Morgan fingerprint density at radius 2 is 1.71 bits per heavy atom. The number of benzene rings is 1. The molecule has 0 unspecified atom stereocenters. The Morgan fingerprint density at radius 1 is 1.05 bits per heavy atom. The van der Waals surface area contributed by atoms with Gasteiger partial charge in [-0.3, -0.25) is 9.78 Å². The van der Waals surface area contributed by atoms with Gasteiger partial charge in [0, 0.05) is 17.5 Å². The second kappa shape index (κ2) is 6.74. The van der Waals surface area contributed by atoms with E-state index in [2.05, 4.69) is 4.98 Å². The summed E-state index contributed by atoms with van der Waals surface area (Å²) in [6.45, 7) is 0. The number of aromatic nitrogens is 1. The van der Waals surface area contributed by atoms with Crippen LogP contribution >= 0.6 is 0 Å². The normalized spacial score (nSPS) is 10.0. The van der Waals surface area contributed by atoms with Crippen molar-refractivity contribution in [3.63, 3.8) is 0 Å². The number of carbonyl (C=O) groups excluding carboxylic acids is 1. The topological polar surface area (TPSA) is 57.7 Å². The predicted octanol–water partition coefficient (Wildman–Crippen LogP) is 2.53. The molecule has 2 aromatic rings. The lowest BCUT2D eigenvalue weighted by atomic mass is 10.0. The monoisotopic (exact) mass is 287 g/mol. The Labute approximate surface area is 123 Å². The Balaban J connectivity index is 2.33. The van der Waals surface area contributed by atoms with Crippen molar-refractivity contribution in [1.29, 1.82) is 0 Å². The SMILES string of the molecule is COc1cc(C(=O)Cc2ccccn2)cc(OC)c1OC. The van der Waals surface area contributed by atoms with Gasteiger partial charge in [0.2, 0.25) is 5.75 Å².